The van der Waals surface area contributed by atoms with E-state index < -0.39 is 17.8 Å². The zero-order valence-electron chi connectivity index (χ0n) is 22.4. The van der Waals surface area contributed by atoms with E-state index in [1.807, 2.05) is 29.2 Å². The molecule has 1 saturated heterocycles. The van der Waals surface area contributed by atoms with Crippen molar-refractivity contribution in [2.24, 2.45) is 5.73 Å². The summed E-state index contributed by atoms with van der Waals surface area (Å²) in [6, 6.07) is 11.5. The number of nitrogens with two attached hydrogens (primary N) is 1. The van der Waals surface area contributed by atoms with Gasteiger partial charge in [0.15, 0.2) is 5.69 Å². The smallest absolute Gasteiger partial charge is 0.366 e. The van der Waals surface area contributed by atoms with E-state index in [-0.39, 0.29) is 17.6 Å². The quantitative estimate of drug-likeness (QED) is 0.377. The van der Waals surface area contributed by atoms with Gasteiger partial charge in [0, 0.05) is 42.5 Å². The second-order valence-corrected chi connectivity index (χ2v) is 11.0. The standard InChI is InChI=1S/C29H34F3N7O/c1-28(11-5-13-39(18-28)26-17-35-24(16-36-26)29(30,31)32)38-23-9-3-2-8-22(23)37-25-15-20(10-12-34-25)19-6-4-7-21(14-19)27(33)40/h4,6-7,10,12,14-17,22-23,38H,2-3,5,8-9,11,13,18H2,1H3,(H2,33,40)(H,34,37)/t22-,23-,28+/m1/s1. The third-order valence-corrected chi connectivity index (χ3v) is 7.82. The Balaban J connectivity index is 1.28. The molecule has 2 aromatic heterocycles. The Hall–Kier alpha value is -3.73. The largest absolute Gasteiger partial charge is 0.434 e. The molecule has 1 aromatic carbocycles. The van der Waals surface area contributed by atoms with E-state index in [4.69, 9.17) is 5.73 Å². The molecule has 3 atom stereocenters. The van der Waals surface area contributed by atoms with Crippen LogP contribution in [0.15, 0.2) is 55.0 Å². The average Bonchev–Trinajstić information content (AvgIpc) is 2.94. The van der Waals surface area contributed by atoms with Crippen molar-refractivity contribution >= 4 is 17.5 Å². The fourth-order valence-electron chi connectivity index (χ4n) is 5.84. The SMILES string of the molecule is C[C@]1(N[C@@H]2CCCC[C@H]2Nc2cc(-c3cccc(C(N)=O)c3)ccn2)CCCN(c2cnc(C(F)(F)F)cn2)C1. The molecule has 3 aromatic rings. The number of carbonyl (C=O) groups is 1. The van der Waals surface area contributed by atoms with Crippen LogP contribution in [0.1, 0.15) is 61.5 Å². The zero-order chi connectivity index (χ0) is 28.3. The lowest BCUT2D eigenvalue weighted by atomic mass is 9.84. The minimum absolute atomic E-state index is 0.159. The van der Waals surface area contributed by atoms with E-state index in [0.29, 0.717) is 17.9 Å². The highest BCUT2D eigenvalue weighted by atomic mass is 19.4. The highest BCUT2D eigenvalue weighted by molar-refractivity contribution is 5.94. The van der Waals surface area contributed by atoms with Gasteiger partial charge in [0.2, 0.25) is 5.91 Å². The number of hydrogen-bond donors (Lipinski definition) is 3. The molecule has 0 radical (unpaired) electrons. The number of aromatic nitrogens is 3. The topological polar surface area (TPSA) is 109 Å². The van der Waals surface area contributed by atoms with Gasteiger partial charge >= 0.3 is 6.18 Å². The molecule has 0 spiro atoms. The molecule has 2 aliphatic rings. The van der Waals surface area contributed by atoms with Crippen molar-refractivity contribution in [2.75, 3.05) is 23.3 Å². The van der Waals surface area contributed by atoms with E-state index >= 15 is 0 Å². The van der Waals surface area contributed by atoms with Gasteiger partial charge in [-0.2, -0.15) is 13.2 Å². The lowest BCUT2D eigenvalue weighted by molar-refractivity contribution is -0.141. The molecule has 0 unspecified atom stereocenters. The van der Waals surface area contributed by atoms with Gasteiger partial charge in [0.1, 0.15) is 11.6 Å². The van der Waals surface area contributed by atoms with E-state index in [1.54, 1.807) is 18.3 Å². The van der Waals surface area contributed by atoms with Gasteiger partial charge in [-0.1, -0.05) is 25.0 Å². The summed E-state index contributed by atoms with van der Waals surface area (Å²) < 4.78 is 38.8. The third kappa shape index (κ3) is 6.52. The molecule has 2 fully saturated rings. The Bertz CT molecular complexity index is 1330. The maximum absolute atomic E-state index is 12.9. The van der Waals surface area contributed by atoms with Crippen molar-refractivity contribution in [1.82, 2.24) is 20.3 Å². The first-order valence-electron chi connectivity index (χ1n) is 13.6. The molecule has 212 valence electrons. The Morgan fingerprint density at radius 2 is 1.80 bits per heavy atom. The number of nitrogens with one attached hydrogen (secondary N) is 2. The van der Waals surface area contributed by atoms with E-state index in [9.17, 15) is 18.0 Å². The molecular formula is C29H34F3N7O. The van der Waals surface area contributed by atoms with E-state index in [1.165, 1.54) is 6.20 Å². The molecule has 1 saturated carbocycles. The first-order chi connectivity index (χ1) is 19.1. The predicted molar refractivity (Wildman–Crippen MR) is 148 cm³/mol. The number of hydrogen-bond acceptors (Lipinski definition) is 7. The van der Waals surface area contributed by atoms with Crippen LogP contribution >= 0.6 is 0 Å². The number of amides is 1. The number of anilines is 2. The summed E-state index contributed by atoms with van der Waals surface area (Å²) in [4.78, 5) is 25.9. The van der Waals surface area contributed by atoms with Gasteiger partial charge < -0.3 is 21.3 Å². The van der Waals surface area contributed by atoms with Crippen LogP contribution in [0, 0.1) is 0 Å². The van der Waals surface area contributed by atoms with Gasteiger partial charge in [0.25, 0.3) is 0 Å². The molecule has 3 heterocycles. The minimum atomic E-state index is -4.51. The molecule has 5 rings (SSSR count). The summed E-state index contributed by atoms with van der Waals surface area (Å²) in [5.74, 6) is 0.752. The van der Waals surface area contributed by atoms with Crippen molar-refractivity contribution in [2.45, 2.75) is 69.2 Å². The minimum Gasteiger partial charge on any atom is -0.366 e. The first kappa shape index (κ1) is 27.8. The van der Waals surface area contributed by atoms with Gasteiger partial charge in [-0.3, -0.25) is 4.79 Å². The Kier molecular flexibility index (Phi) is 7.93. The number of halogens is 3. The summed E-state index contributed by atoms with van der Waals surface area (Å²) in [6.07, 6.45) is 5.35. The van der Waals surface area contributed by atoms with Crippen molar-refractivity contribution in [1.29, 1.82) is 0 Å². The van der Waals surface area contributed by atoms with Crippen LogP contribution in [0.25, 0.3) is 11.1 Å². The second kappa shape index (κ2) is 11.4. The van der Waals surface area contributed by atoms with Crippen molar-refractivity contribution in [3.8, 4) is 11.1 Å². The van der Waals surface area contributed by atoms with Crippen molar-refractivity contribution in [3.05, 3.63) is 66.2 Å². The maximum Gasteiger partial charge on any atom is 0.434 e. The molecular weight excluding hydrogens is 519 g/mol. The van der Waals surface area contributed by atoms with E-state index in [2.05, 4.69) is 32.5 Å². The number of pyridine rings is 1. The maximum atomic E-state index is 12.9. The number of rotatable bonds is 7. The molecule has 1 aliphatic heterocycles. The monoisotopic (exact) mass is 553 g/mol. The molecule has 40 heavy (non-hydrogen) atoms. The summed E-state index contributed by atoms with van der Waals surface area (Å²) >= 11 is 0. The Morgan fingerprint density at radius 1 is 1.02 bits per heavy atom. The van der Waals surface area contributed by atoms with Crippen LogP contribution in [0.3, 0.4) is 0 Å². The van der Waals surface area contributed by atoms with Crippen LogP contribution in [0.4, 0.5) is 24.8 Å². The van der Waals surface area contributed by atoms with Crippen LogP contribution in [-0.4, -0.2) is 51.6 Å². The summed E-state index contributed by atoms with van der Waals surface area (Å²) in [6.45, 7) is 3.52. The summed E-state index contributed by atoms with van der Waals surface area (Å²) in [5, 5.41) is 7.54. The first-order valence-corrected chi connectivity index (χ1v) is 13.6. The van der Waals surface area contributed by atoms with E-state index in [0.717, 1.165) is 68.2 Å². The number of primary amides is 1. The Morgan fingerprint density at radius 3 is 2.52 bits per heavy atom. The molecule has 1 amide bonds. The summed E-state index contributed by atoms with van der Waals surface area (Å²) in [5.41, 5.74) is 6.52. The predicted octanol–water partition coefficient (Wildman–Crippen LogP) is 5.03. The number of alkyl halides is 3. The molecule has 0 bridgehead atoms. The highest BCUT2D eigenvalue weighted by Gasteiger charge is 2.37. The fourth-order valence-corrected chi connectivity index (χ4v) is 5.84. The number of nitrogens with zero attached hydrogens (tertiary/aromatic N) is 4. The molecule has 11 heteroatoms. The van der Waals surface area contributed by atoms with Gasteiger partial charge in [-0.15, -0.1) is 0 Å². The van der Waals surface area contributed by atoms with Crippen LogP contribution in [0.2, 0.25) is 0 Å². The highest BCUT2D eigenvalue weighted by Crippen LogP contribution is 2.31. The summed E-state index contributed by atoms with van der Waals surface area (Å²) in [7, 11) is 0. The third-order valence-electron chi connectivity index (χ3n) is 7.82. The van der Waals surface area contributed by atoms with Gasteiger partial charge in [-0.25, -0.2) is 15.0 Å². The van der Waals surface area contributed by atoms with Crippen LogP contribution < -0.4 is 21.3 Å². The molecule has 1 aliphatic carbocycles. The lowest BCUT2D eigenvalue weighted by Crippen LogP contribution is -2.61. The van der Waals surface area contributed by atoms with Crippen molar-refractivity contribution in [3.63, 3.8) is 0 Å². The average molecular weight is 554 g/mol. The molecule has 8 nitrogen and oxygen atoms in total. The lowest BCUT2D eigenvalue weighted by Gasteiger charge is -2.46. The van der Waals surface area contributed by atoms with Crippen molar-refractivity contribution < 1.29 is 18.0 Å². The number of benzene rings is 1. The Labute approximate surface area is 231 Å². The second-order valence-electron chi connectivity index (χ2n) is 11.0. The number of piperidine rings is 1. The number of carbonyl (C=O) groups excluding carboxylic acids is 1. The normalized spacial score (nSPS) is 23.6. The van der Waals surface area contributed by atoms with Gasteiger partial charge in [0.05, 0.1) is 12.4 Å². The van der Waals surface area contributed by atoms with Crippen LogP contribution in [-0.2, 0) is 6.18 Å². The fraction of sp³-hybridized carbons (Fsp3) is 0.448. The zero-order valence-corrected chi connectivity index (χ0v) is 22.4. The van der Waals surface area contributed by atoms with Crippen LogP contribution in [0.5, 0.6) is 0 Å². The van der Waals surface area contributed by atoms with Gasteiger partial charge in [-0.05, 0) is 68.0 Å². The molecule has 4 N–H and O–H groups in total.